The molecule has 3 aliphatic rings. The van der Waals surface area contributed by atoms with Gasteiger partial charge in [-0.3, -0.25) is 4.79 Å². The maximum atomic E-state index is 13.1. The highest BCUT2D eigenvalue weighted by molar-refractivity contribution is 5.93. The number of nitrogens with zero attached hydrogens (tertiary/aromatic N) is 3. The Hall–Kier alpha value is -4.01. The first-order chi connectivity index (χ1) is 22.6. The van der Waals surface area contributed by atoms with E-state index in [-0.39, 0.29) is 18.1 Å². The molecule has 0 radical (unpaired) electrons. The lowest BCUT2D eigenvalue weighted by Crippen LogP contribution is -2.38. The second-order valence-corrected chi connectivity index (χ2v) is 13.5. The molecular weight excluding hydrogens is 601 g/mol. The molecule has 3 aromatic rings. The number of fused-ring (bicyclic) bond motifs is 1. The predicted molar refractivity (Wildman–Crippen MR) is 180 cm³/mol. The number of piperidine rings is 1. The van der Waals surface area contributed by atoms with Gasteiger partial charge in [0.15, 0.2) is 0 Å². The topological polar surface area (TPSA) is 58.9 Å². The van der Waals surface area contributed by atoms with Crippen molar-refractivity contribution in [3.8, 4) is 5.75 Å². The van der Waals surface area contributed by atoms with Crippen LogP contribution in [0.4, 0.5) is 18.9 Å². The zero-order chi connectivity index (χ0) is 33.0. The van der Waals surface area contributed by atoms with Gasteiger partial charge in [0.2, 0.25) is 0 Å². The number of carbonyl (C=O) groups excluding carboxylic acids is 1. The summed E-state index contributed by atoms with van der Waals surface area (Å²) in [7, 11) is 0. The van der Waals surface area contributed by atoms with Crippen LogP contribution in [0, 0.1) is 11.8 Å². The van der Waals surface area contributed by atoms with Gasteiger partial charge in [-0.2, -0.15) is 13.2 Å². The molecule has 2 fully saturated rings. The average molecular weight is 647 g/mol. The Morgan fingerprint density at radius 2 is 1.77 bits per heavy atom. The smallest absolute Gasteiger partial charge is 0.416 e. The highest BCUT2D eigenvalue weighted by Gasteiger charge is 2.30. The summed E-state index contributed by atoms with van der Waals surface area (Å²) in [5.74, 6) is 1.78. The number of hydrogen-bond acceptors (Lipinski definition) is 4. The standard InChI is InChI=1S/C38H45F3N4O2/c1-26-6-8-28(9-7-27(26)2)4-3-5-29-10-14-31(15-11-29)42-37(46)35-25-45-23-20-34(24-36(45)43-35)47-33-18-21-44(22-19-33)32-16-12-30(13-17-32)38(39,40)41/h6-9,12-13,16-17,20,23-26,29,31,33H,3-5,10-11,14-15,18-19,21-22H2,1-2H3,(H,42,46). The van der Waals surface area contributed by atoms with Crippen LogP contribution in [-0.2, 0) is 6.18 Å². The number of imidazole rings is 1. The monoisotopic (exact) mass is 646 g/mol. The molecule has 1 unspecified atom stereocenters. The predicted octanol–water partition coefficient (Wildman–Crippen LogP) is 8.94. The largest absolute Gasteiger partial charge is 0.490 e. The van der Waals surface area contributed by atoms with Gasteiger partial charge in [0, 0.05) is 56.1 Å². The Kier molecular flexibility index (Phi) is 10.1. The van der Waals surface area contributed by atoms with Crippen LogP contribution in [0.2, 0.25) is 0 Å². The maximum absolute atomic E-state index is 13.1. The van der Waals surface area contributed by atoms with Gasteiger partial charge < -0.3 is 19.4 Å². The molecule has 2 aliphatic carbocycles. The second kappa shape index (κ2) is 14.4. The summed E-state index contributed by atoms with van der Waals surface area (Å²) in [5, 5.41) is 3.22. The maximum Gasteiger partial charge on any atom is 0.416 e. The summed E-state index contributed by atoms with van der Waals surface area (Å²) in [6.45, 7) is 5.82. The van der Waals surface area contributed by atoms with Crippen LogP contribution in [0.1, 0.15) is 87.7 Å². The van der Waals surface area contributed by atoms with Gasteiger partial charge in [0.1, 0.15) is 23.2 Å². The van der Waals surface area contributed by atoms with Crippen LogP contribution < -0.4 is 15.0 Å². The molecule has 0 spiro atoms. The molecule has 6 rings (SSSR count). The highest BCUT2D eigenvalue weighted by Crippen LogP contribution is 2.32. The number of hydrogen-bond donors (Lipinski definition) is 1. The van der Waals surface area contributed by atoms with Crippen molar-refractivity contribution in [2.24, 2.45) is 11.8 Å². The number of ether oxygens (including phenoxy) is 1. The molecule has 1 aromatic carbocycles. The van der Waals surface area contributed by atoms with E-state index in [0.717, 1.165) is 68.7 Å². The van der Waals surface area contributed by atoms with Crippen LogP contribution in [0.3, 0.4) is 0 Å². The van der Waals surface area contributed by atoms with E-state index in [1.165, 1.54) is 36.1 Å². The Morgan fingerprint density at radius 3 is 2.49 bits per heavy atom. The number of nitrogens with one attached hydrogen (secondary N) is 1. The van der Waals surface area contributed by atoms with Gasteiger partial charge in [-0.05, 0) is 93.2 Å². The molecule has 3 heterocycles. The molecule has 1 atom stereocenters. The number of pyridine rings is 1. The van der Waals surface area contributed by atoms with Gasteiger partial charge in [-0.25, -0.2) is 4.98 Å². The number of benzene rings is 1. The average Bonchev–Trinajstić information content (AvgIpc) is 3.43. The number of anilines is 1. The van der Waals surface area contributed by atoms with E-state index < -0.39 is 11.7 Å². The number of aromatic nitrogens is 2. The van der Waals surface area contributed by atoms with Gasteiger partial charge >= 0.3 is 6.18 Å². The fraction of sp³-hybridized carbons (Fsp3) is 0.474. The zero-order valence-corrected chi connectivity index (χ0v) is 27.3. The summed E-state index contributed by atoms with van der Waals surface area (Å²) in [6, 6.07) is 9.23. The normalized spacial score (nSPS) is 22.5. The minimum Gasteiger partial charge on any atom is -0.490 e. The van der Waals surface area contributed by atoms with Crippen molar-refractivity contribution in [2.45, 2.75) is 90.0 Å². The molecule has 2 aromatic heterocycles. The third-order valence-electron chi connectivity index (χ3n) is 10.1. The molecule has 47 heavy (non-hydrogen) atoms. The first kappa shape index (κ1) is 32.9. The quantitative estimate of drug-likeness (QED) is 0.252. The summed E-state index contributed by atoms with van der Waals surface area (Å²) in [5.41, 5.74) is 4.03. The van der Waals surface area contributed by atoms with Crippen molar-refractivity contribution in [2.75, 3.05) is 18.0 Å². The molecule has 1 N–H and O–H groups in total. The fourth-order valence-corrected chi connectivity index (χ4v) is 6.91. The zero-order valence-electron chi connectivity index (χ0n) is 27.3. The van der Waals surface area contributed by atoms with Crippen LogP contribution in [0.5, 0.6) is 5.75 Å². The van der Waals surface area contributed by atoms with Crippen molar-refractivity contribution in [3.05, 3.63) is 95.5 Å². The Balaban J connectivity index is 0.936. The Morgan fingerprint density at radius 1 is 1.02 bits per heavy atom. The van der Waals surface area contributed by atoms with E-state index in [1.807, 2.05) is 22.7 Å². The SMILES string of the molecule is CC1=CC=C(CCCC2CCC(NC(=O)c3cn4ccc(OC5CCN(c6ccc(C(F)(F)F)cc6)CC5)cc4n3)CC2)C=CC1C. The number of halogens is 3. The fourth-order valence-electron chi connectivity index (χ4n) is 6.91. The molecular formula is C38H45F3N4O2. The van der Waals surface area contributed by atoms with Gasteiger partial charge in [-0.15, -0.1) is 0 Å². The van der Waals surface area contributed by atoms with Crippen molar-refractivity contribution in [1.29, 1.82) is 0 Å². The molecule has 0 bridgehead atoms. The van der Waals surface area contributed by atoms with Gasteiger partial charge in [0.25, 0.3) is 5.91 Å². The van der Waals surface area contributed by atoms with Gasteiger partial charge in [0.05, 0.1) is 5.56 Å². The van der Waals surface area contributed by atoms with E-state index in [0.29, 0.717) is 36.1 Å². The molecule has 250 valence electrons. The van der Waals surface area contributed by atoms with Crippen LogP contribution in [-0.4, -0.2) is 40.5 Å². The summed E-state index contributed by atoms with van der Waals surface area (Å²) in [6.07, 6.45) is 17.8. The number of alkyl halides is 3. The highest BCUT2D eigenvalue weighted by atomic mass is 19.4. The minimum absolute atomic E-state index is 0.00743. The van der Waals surface area contributed by atoms with E-state index in [2.05, 4.69) is 53.4 Å². The third-order valence-corrected chi connectivity index (χ3v) is 10.1. The lowest BCUT2D eigenvalue weighted by molar-refractivity contribution is -0.137. The summed E-state index contributed by atoms with van der Waals surface area (Å²) < 4.78 is 46.8. The molecule has 9 heteroatoms. The first-order valence-corrected chi connectivity index (χ1v) is 17.0. The minimum atomic E-state index is -4.33. The van der Waals surface area contributed by atoms with Crippen molar-refractivity contribution in [3.63, 3.8) is 0 Å². The van der Waals surface area contributed by atoms with Crippen LogP contribution in [0.15, 0.2) is 84.2 Å². The van der Waals surface area contributed by atoms with E-state index in [1.54, 1.807) is 6.20 Å². The third kappa shape index (κ3) is 8.48. The number of amides is 1. The Labute approximate surface area is 275 Å². The molecule has 1 amide bonds. The second-order valence-electron chi connectivity index (χ2n) is 13.5. The molecule has 1 saturated carbocycles. The number of rotatable bonds is 9. The summed E-state index contributed by atoms with van der Waals surface area (Å²) >= 11 is 0. The van der Waals surface area contributed by atoms with Crippen LogP contribution in [0.25, 0.3) is 5.65 Å². The molecule has 6 nitrogen and oxygen atoms in total. The molecule has 1 saturated heterocycles. The summed E-state index contributed by atoms with van der Waals surface area (Å²) in [4.78, 5) is 19.8. The van der Waals surface area contributed by atoms with Crippen LogP contribution >= 0.6 is 0 Å². The lowest BCUT2D eigenvalue weighted by Gasteiger charge is -2.33. The molecule has 1 aliphatic heterocycles. The number of carbonyl (C=O) groups is 1. The van der Waals surface area contributed by atoms with E-state index >= 15 is 0 Å². The van der Waals surface area contributed by atoms with Crippen molar-refractivity contribution >= 4 is 17.2 Å². The van der Waals surface area contributed by atoms with Crippen molar-refractivity contribution < 1.29 is 22.7 Å². The lowest BCUT2D eigenvalue weighted by atomic mass is 9.82. The van der Waals surface area contributed by atoms with Gasteiger partial charge in [-0.1, -0.05) is 43.2 Å². The van der Waals surface area contributed by atoms with E-state index in [4.69, 9.17) is 4.74 Å². The van der Waals surface area contributed by atoms with Crippen molar-refractivity contribution in [1.82, 2.24) is 14.7 Å². The first-order valence-electron chi connectivity index (χ1n) is 17.0. The Bertz CT molecular complexity index is 1620. The number of allylic oxidation sites excluding steroid dienone is 6. The van der Waals surface area contributed by atoms with E-state index in [9.17, 15) is 18.0 Å².